The fourth-order valence-corrected chi connectivity index (χ4v) is 9.21. The maximum atomic E-state index is 13.6. The standard InChI is InChI=1S/C73H121N2O7P/c1-7-10-13-16-19-22-25-27-29-31-33-35-36-37-38-40-42-44-46-48-51-54-57-60-63-66-73(77)82-71(64-61-58-55-52-49-24-21-18-15-12-9-3)70(69-81-83(78,79)80-68-67-75(4,5)6)74-72(76)65-62-59-56-53-50-47-45-43-41-39-34-32-30-28-26-23-20-17-14-11-8-2/h10-11,13-14,19-20,22-23,27-30,33-35,37-39,42-45,50,53,61,64,70-71H,7-9,12,15-18,21,24-26,31-32,36,40-41,46-49,51-52,54-60,62-63,65-69H2,1-6H3,(H-,74,76,78,79)/p+1/b13-10-,14-11-,22-19-,23-20-,29-27-,30-28-,35-33-,38-37-,39-34-,44-42-,45-43-,53-50-,64-61+. The van der Waals surface area contributed by atoms with Gasteiger partial charge in [-0.3, -0.25) is 18.6 Å². The number of nitrogens with zero attached hydrogens (tertiary/aromatic N) is 1. The lowest BCUT2D eigenvalue weighted by molar-refractivity contribution is -0.870. The summed E-state index contributed by atoms with van der Waals surface area (Å²) >= 11 is 0. The van der Waals surface area contributed by atoms with Crippen LogP contribution in [0.1, 0.15) is 239 Å². The summed E-state index contributed by atoms with van der Waals surface area (Å²) in [5.74, 6) is -0.586. The number of rotatable bonds is 57. The molecule has 0 rings (SSSR count). The molecule has 2 N–H and O–H groups in total. The minimum Gasteiger partial charge on any atom is -0.456 e. The van der Waals surface area contributed by atoms with E-state index in [1.807, 2.05) is 33.3 Å². The van der Waals surface area contributed by atoms with Gasteiger partial charge in [-0.2, -0.15) is 0 Å². The number of amides is 1. The summed E-state index contributed by atoms with van der Waals surface area (Å²) in [5, 5.41) is 3.02. The van der Waals surface area contributed by atoms with Gasteiger partial charge in [-0.05, 0) is 134 Å². The van der Waals surface area contributed by atoms with E-state index in [4.69, 9.17) is 13.8 Å². The van der Waals surface area contributed by atoms with Gasteiger partial charge in [0.15, 0.2) is 0 Å². The van der Waals surface area contributed by atoms with Gasteiger partial charge in [0.1, 0.15) is 19.3 Å². The van der Waals surface area contributed by atoms with Crippen molar-refractivity contribution in [1.29, 1.82) is 0 Å². The highest BCUT2D eigenvalue weighted by molar-refractivity contribution is 7.47. The van der Waals surface area contributed by atoms with Crippen LogP contribution in [0.25, 0.3) is 0 Å². The maximum absolute atomic E-state index is 13.6. The van der Waals surface area contributed by atoms with Crippen LogP contribution in [0.4, 0.5) is 0 Å². The summed E-state index contributed by atoms with van der Waals surface area (Å²) in [6, 6.07) is -0.891. The molecular weight excluding hydrogens is 1050 g/mol. The second-order valence-corrected chi connectivity index (χ2v) is 24.0. The molecule has 470 valence electrons. The monoisotopic (exact) mass is 1170 g/mol. The first kappa shape index (κ1) is 78.6. The van der Waals surface area contributed by atoms with Crippen molar-refractivity contribution in [2.45, 2.75) is 251 Å². The minimum absolute atomic E-state index is 0.0194. The molecule has 0 saturated carbocycles. The summed E-state index contributed by atoms with van der Waals surface area (Å²) in [5.41, 5.74) is 0. The number of carbonyl (C=O) groups is 2. The van der Waals surface area contributed by atoms with Gasteiger partial charge in [-0.1, -0.05) is 250 Å². The fourth-order valence-electron chi connectivity index (χ4n) is 8.47. The molecule has 3 unspecified atom stereocenters. The van der Waals surface area contributed by atoms with E-state index in [0.29, 0.717) is 23.9 Å². The lowest BCUT2D eigenvalue weighted by Gasteiger charge is -2.27. The highest BCUT2D eigenvalue weighted by Gasteiger charge is 2.30. The number of esters is 1. The Labute approximate surface area is 510 Å². The first-order valence-corrected chi connectivity index (χ1v) is 34.3. The number of allylic oxidation sites excluding steroid dienone is 25. The van der Waals surface area contributed by atoms with Crippen LogP contribution in [-0.2, 0) is 27.9 Å². The molecule has 0 aromatic carbocycles. The van der Waals surface area contributed by atoms with E-state index < -0.39 is 20.0 Å². The van der Waals surface area contributed by atoms with E-state index in [2.05, 4.69) is 172 Å². The number of phosphoric ester groups is 1. The van der Waals surface area contributed by atoms with Crippen LogP contribution < -0.4 is 5.32 Å². The molecule has 0 aliphatic heterocycles. The Morgan fingerprint density at radius 3 is 1.17 bits per heavy atom. The second kappa shape index (κ2) is 60.7. The smallest absolute Gasteiger partial charge is 0.456 e. The van der Waals surface area contributed by atoms with Crippen LogP contribution >= 0.6 is 7.82 Å². The largest absolute Gasteiger partial charge is 0.472 e. The van der Waals surface area contributed by atoms with E-state index in [0.717, 1.165) is 148 Å². The zero-order chi connectivity index (χ0) is 60.7. The van der Waals surface area contributed by atoms with Crippen molar-refractivity contribution in [3.8, 4) is 0 Å². The number of nitrogens with one attached hydrogen (secondary N) is 1. The van der Waals surface area contributed by atoms with E-state index in [1.54, 1.807) is 0 Å². The fraction of sp³-hybridized carbons (Fsp3) is 0.616. The van der Waals surface area contributed by atoms with Crippen molar-refractivity contribution in [2.24, 2.45) is 0 Å². The van der Waals surface area contributed by atoms with Gasteiger partial charge in [-0.15, -0.1) is 0 Å². The van der Waals surface area contributed by atoms with Crippen molar-refractivity contribution in [1.82, 2.24) is 5.32 Å². The predicted octanol–water partition coefficient (Wildman–Crippen LogP) is 20.8. The molecular formula is C73H122N2O7P+. The maximum Gasteiger partial charge on any atom is 0.472 e. The highest BCUT2D eigenvalue weighted by atomic mass is 31.2. The summed E-state index contributed by atoms with van der Waals surface area (Å²) in [6.07, 6.45) is 89.7. The SMILES string of the molecule is CC/C=C\C/C=C\C/C=C\C/C=C\C/C=C\C/C=C\CCCCCCCCC(=O)OC(/C=C/CCCCCCCCCCC)C(COP(=O)(O)OCC[N+](C)(C)C)NC(=O)CCCC/C=C\C/C=C\C/C=C\C/C=C\C/C=C\C/C=C\CC. The van der Waals surface area contributed by atoms with Crippen LogP contribution in [0.5, 0.6) is 0 Å². The molecule has 9 nitrogen and oxygen atoms in total. The average molecular weight is 1170 g/mol. The Balaban J connectivity index is 5.26. The first-order valence-electron chi connectivity index (χ1n) is 32.8. The van der Waals surface area contributed by atoms with Crippen molar-refractivity contribution in [2.75, 3.05) is 40.9 Å². The lowest BCUT2D eigenvalue weighted by Crippen LogP contribution is -2.47. The van der Waals surface area contributed by atoms with Crippen LogP contribution in [0.2, 0.25) is 0 Å². The molecule has 0 aromatic heterocycles. The number of quaternary nitrogens is 1. The number of ether oxygens (including phenoxy) is 1. The average Bonchev–Trinajstić information content (AvgIpc) is 3.51. The van der Waals surface area contributed by atoms with Crippen LogP contribution in [0, 0.1) is 0 Å². The van der Waals surface area contributed by atoms with E-state index in [-0.39, 0.29) is 37.9 Å². The summed E-state index contributed by atoms with van der Waals surface area (Å²) in [6.45, 7) is 6.71. The first-order chi connectivity index (χ1) is 40.4. The Morgan fingerprint density at radius 2 is 0.771 bits per heavy atom. The van der Waals surface area contributed by atoms with Gasteiger partial charge >= 0.3 is 13.8 Å². The van der Waals surface area contributed by atoms with Gasteiger partial charge in [0, 0.05) is 12.8 Å². The number of hydrogen-bond donors (Lipinski definition) is 2. The van der Waals surface area contributed by atoms with Crippen molar-refractivity contribution in [3.05, 3.63) is 158 Å². The number of hydrogen-bond acceptors (Lipinski definition) is 6. The Kier molecular flexibility index (Phi) is 57.5. The molecule has 0 saturated heterocycles. The zero-order valence-corrected chi connectivity index (χ0v) is 54.5. The number of likely N-dealkylation sites (N-methyl/N-ethyl adjacent to an activating group) is 1. The van der Waals surface area contributed by atoms with Gasteiger partial charge < -0.3 is 19.4 Å². The third-order valence-corrected chi connectivity index (χ3v) is 14.4. The van der Waals surface area contributed by atoms with Gasteiger partial charge in [0.25, 0.3) is 0 Å². The van der Waals surface area contributed by atoms with Crippen molar-refractivity contribution >= 4 is 19.7 Å². The van der Waals surface area contributed by atoms with Gasteiger partial charge in [0.2, 0.25) is 5.91 Å². The van der Waals surface area contributed by atoms with Crippen LogP contribution in [0.3, 0.4) is 0 Å². The molecule has 0 heterocycles. The third kappa shape index (κ3) is 62.0. The highest BCUT2D eigenvalue weighted by Crippen LogP contribution is 2.43. The second-order valence-electron chi connectivity index (χ2n) is 22.5. The molecule has 0 aromatic rings. The molecule has 1 amide bonds. The lowest BCUT2D eigenvalue weighted by atomic mass is 10.1. The molecule has 10 heteroatoms. The summed E-state index contributed by atoms with van der Waals surface area (Å²) in [4.78, 5) is 37.8. The molecule has 0 aliphatic carbocycles. The van der Waals surface area contributed by atoms with Crippen LogP contribution in [0.15, 0.2) is 158 Å². The molecule has 0 radical (unpaired) electrons. The molecule has 3 atom stereocenters. The molecule has 83 heavy (non-hydrogen) atoms. The zero-order valence-electron chi connectivity index (χ0n) is 53.6. The Morgan fingerprint density at radius 1 is 0.434 bits per heavy atom. The Hall–Kier alpha value is -4.37. The molecule has 0 spiro atoms. The number of carbonyl (C=O) groups excluding carboxylic acids is 2. The molecule has 0 fully saturated rings. The van der Waals surface area contributed by atoms with E-state index in [1.165, 1.54) is 44.9 Å². The van der Waals surface area contributed by atoms with Gasteiger partial charge in [-0.25, -0.2) is 4.57 Å². The molecule has 0 bridgehead atoms. The van der Waals surface area contributed by atoms with Crippen molar-refractivity contribution < 1.29 is 37.3 Å². The predicted molar refractivity (Wildman–Crippen MR) is 359 cm³/mol. The minimum atomic E-state index is -4.48. The topological polar surface area (TPSA) is 111 Å². The van der Waals surface area contributed by atoms with E-state index >= 15 is 0 Å². The number of unbranched alkanes of at least 4 members (excludes halogenated alkanes) is 17. The van der Waals surface area contributed by atoms with Crippen molar-refractivity contribution in [3.63, 3.8) is 0 Å². The van der Waals surface area contributed by atoms with Crippen LogP contribution in [-0.4, -0.2) is 74.3 Å². The third-order valence-electron chi connectivity index (χ3n) is 13.5. The normalized spacial score (nSPS) is 14.6. The van der Waals surface area contributed by atoms with E-state index in [9.17, 15) is 19.0 Å². The van der Waals surface area contributed by atoms with Gasteiger partial charge in [0.05, 0.1) is 33.8 Å². The summed E-state index contributed by atoms with van der Waals surface area (Å²) in [7, 11) is 1.43. The molecule has 0 aliphatic rings. The Bertz CT molecular complexity index is 1980. The quantitative estimate of drug-likeness (QED) is 0.0205. The number of phosphoric acid groups is 1. The summed E-state index contributed by atoms with van der Waals surface area (Å²) < 4.78 is 30.7.